The first-order valence-electron chi connectivity index (χ1n) is 7.42. The van der Waals surface area contributed by atoms with Crippen molar-refractivity contribution in [1.82, 2.24) is 15.1 Å². The highest BCUT2D eigenvalue weighted by Crippen LogP contribution is 2.28. The molecule has 0 radical (unpaired) electrons. The number of urea groups is 1. The summed E-state index contributed by atoms with van der Waals surface area (Å²) < 4.78 is 0. The smallest absolute Gasteiger partial charge is 0.330 e. The highest BCUT2D eigenvalue weighted by molar-refractivity contribution is 6.38. The van der Waals surface area contributed by atoms with Gasteiger partial charge in [-0.3, -0.25) is 14.5 Å². The standard InChI is InChI=1S/C15H17N3O7/c1-2-17-5-6-18(13(22)12(17)21)15(25)16-11(14(23)24)8-3-4-9(19)10(20)7-8/h3-4,7,11,19-20H,2,5-6H2,1H3,(H,16,25)(H,23,24). The summed E-state index contributed by atoms with van der Waals surface area (Å²) in [5.74, 6) is -4.32. The number of carboxylic acid groups (broad SMARTS) is 1. The molecule has 1 aliphatic rings. The van der Waals surface area contributed by atoms with Crippen molar-refractivity contribution < 1.29 is 34.5 Å². The molecule has 2 rings (SSSR count). The predicted molar refractivity (Wildman–Crippen MR) is 82.6 cm³/mol. The molecule has 25 heavy (non-hydrogen) atoms. The van der Waals surface area contributed by atoms with Crippen LogP contribution in [0.25, 0.3) is 0 Å². The minimum absolute atomic E-state index is 0.0119. The maximum absolute atomic E-state index is 12.2. The van der Waals surface area contributed by atoms with Gasteiger partial charge in [0.25, 0.3) is 0 Å². The lowest BCUT2D eigenvalue weighted by Gasteiger charge is -2.32. The van der Waals surface area contributed by atoms with Crippen molar-refractivity contribution in [3.63, 3.8) is 0 Å². The van der Waals surface area contributed by atoms with E-state index in [0.717, 1.165) is 12.1 Å². The van der Waals surface area contributed by atoms with Gasteiger partial charge in [-0.15, -0.1) is 0 Å². The normalized spacial score (nSPS) is 15.9. The minimum atomic E-state index is -1.58. The molecule has 1 atom stereocenters. The largest absolute Gasteiger partial charge is 0.504 e. The second-order valence-corrected chi connectivity index (χ2v) is 5.31. The van der Waals surface area contributed by atoms with Crippen molar-refractivity contribution in [1.29, 1.82) is 0 Å². The van der Waals surface area contributed by atoms with Crippen LogP contribution in [0.15, 0.2) is 18.2 Å². The molecule has 4 N–H and O–H groups in total. The molecule has 0 bridgehead atoms. The van der Waals surface area contributed by atoms with Gasteiger partial charge in [0.15, 0.2) is 17.5 Å². The van der Waals surface area contributed by atoms with Crippen LogP contribution in [-0.2, 0) is 14.4 Å². The Balaban J connectivity index is 2.18. The highest BCUT2D eigenvalue weighted by Gasteiger charge is 2.37. The van der Waals surface area contributed by atoms with Crippen molar-refractivity contribution in [2.24, 2.45) is 0 Å². The van der Waals surface area contributed by atoms with Gasteiger partial charge in [0.05, 0.1) is 0 Å². The molecule has 10 heteroatoms. The number of likely N-dealkylation sites (N-methyl/N-ethyl adjacent to an activating group) is 1. The third-order valence-corrected chi connectivity index (χ3v) is 3.78. The SMILES string of the molecule is CCN1CCN(C(=O)NC(C(=O)O)c2ccc(O)c(O)c2)C(=O)C1=O. The number of imide groups is 1. The zero-order chi connectivity index (χ0) is 18.7. The molecule has 1 saturated heterocycles. The van der Waals surface area contributed by atoms with Crippen molar-refractivity contribution in [3.8, 4) is 11.5 Å². The van der Waals surface area contributed by atoms with E-state index in [1.165, 1.54) is 11.0 Å². The van der Waals surface area contributed by atoms with Gasteiger partial charge < -0.3 is 25.5 Å². The van der Waals surface area contributed by atoms with Gasteiger partial charge in [-0.05, 0) is 24.6 Å². The van der Waals surface area contributed by atoms with E-state index >= 15 is 0 Å². The maximum Gasteiger partial charge on any atom is 0.330 e. The molecular weight excluding hydrogens is 334 g/mol. The Morgan fingerprint density at radius 1 is 1.16 bits per heavy atom. The molecule has 0 aliphatic carbocycles. The number of hydrogen-bond acceptors (Lipinski definition) is 6. The average molecular weight is 351 g/mol. The van der Waals surface area contributed by atoms with E-state index in [2.05, 4.69) is 5.32 Å². The molecule has 1 aliphatic heterocycles. The van der Waals surface area contributed by atoms with E-state index in [1.54, 1.807) is 6.92 Å². The number of benzene rings is 1. The molecule has 10 nitrogen and oxygen atoms in total. The molecule has 1 aromatic rings. The van der Waals surface area contributed by atoms with Crippen molar-refractivity contribution in [2.75, 3.05) is 19.6 Å². The summed E-state index contributed by atoms with van der Waals surface area (Å²) in [7, 11) is 0. The van der Waals surface area contributed by atoms with Gasteiger partial charge in [-0.25, -0.2) is 9.59 Å². The first kappa shape index (κ1) is 18.0. The van der Waals surface area contributed by atoms with Gasteiger partial charge in [0, 0.05) is 19.6 Å². The molecule has 4 amide bonds. The maximum atomic E-state index is 12.2. The van der Waals surface area contributed by atoms with Crippen LogP contribution in [0.3, 0.4) is 0 Å². The average Bonchev–Trinajstić information content (AvgIpc) is 2.57. The number of rotatable bonds is 4. The topological polar surface area (TPSA) is 147 Å². The number of aromatic hydroxyl groups is 2. The Hall–Kier alpha value is -3.30. The summed E-state index contributed by atoms with van der Waals surface area (Å²) in [6.45, 7) is 2.12. The van der Waals surface area contributed by atoms with Crippen LogP contribution in [0.2, 0.25) is 0 Å². The van der Waals surface area contributed by atoms with Crippen LogP contribution in [-0.4, -0.2) is 68.6 Å². The summed E-state index contributed by atoms with van der Waals surface area (Å²) in [5.41, 5.74) is -0.0119. The number of carbonyl (C=O) groups excluding carboxylic acids is 3. The Morgan fingerprint density at radius 2 is 1.84 bits per heavy atom. The molecule has 1 heterocycles. The molecule has 0 spiro atoms. The lowest BCUT2D eigenvalue weighted by molar-refractivity contribution is -0.153. The Morgan fingerprint density at radius 3 is 2.40 bits per heavy atom. The Bertz CT molecular complexity index is 734. The molecule has 1 unspecified atom stereocenters. The summed E-state index contributed by atoms with van der Waals surface area (Å²) in [4.78, 5) is 49.4. The van der Waals surface area contributed by atoms with Crippen LogP contribution in [0.4, 0.5) is 4.79 Å². The fourth-order valence-electron chi connectivity index (χ4n) is 2.38. The van der Waals surface area contributed by atoms with Crippen LogP contribution in [0.1, 0.15) is 18.5 Å². The van der Waals surface area contributed by atoms with Gasteiger partial charge in [0.1, 0.15) is 0 Å². The zero-order valence-electron chi connectivity index (χ0n) is 13.3. The number of phenols is 2. The van der Waals surface area contributed by atoms with Crippen LogP contribution in [0, 0.1) is 0 Å². The van der Waals surface area contributed by atoms with Crippen LogP contribution in [0.5, 0.6) is 11.5 Å². The highest BCUT2D eigenvalue weighted by atomic mass is 16.4. The third-order valence-electron chi connectivity index (χ3n) is 3.78. The van der Waals surface area contributed by atoms with Gasteiger partial charge >= 0.3 is 23.8 Å². The number of piperazine rings is 1. The van der Waals surface area contributed by atoms with E-state index in [1.807, 2.05) is 0 Å². The van der Waals surface area contributed by atoms with Crippen molar-refractivity contribution in [2.45, 2.75) is 13.0 Å². The number of amides is 4. The van der Waals surface area contributed by atoms with Gasteiger partial charge in [0.2, 0.25) is 0 Å². The Kier molecular flexibility index (Phi) is 5.11. The van der Waals surface area contributed by atoms with E-state index in [4.69, 9.17) is 0 Å². The number of phenolic OH excluding ortho intramolecular Hbond substituents is 2. The van der Waals surface area contributed by atoms with Crippen LogP contribution < -0.4 is 5.32 Å². The Labute approximate surface area is 142 Å². The molecular formula is C15H17N3O7. The number of carboxylic acids is 1. The summed E-state index contributed by atoms with van der Waals surface area (Å²) in [5, 5.41) is 30.2. The first-order chi connectivity index (χ1) is 11.8. The number of carbonyl (C=O) groups is 4. The van der Waals surface area contributed by atoms with Crippen LogP contribution >= 0.6 is 0 Å². The molecule has 0 saturated carbocycles. The minimum Gasteiger partial charge on any atom is -0.504 e. The van der Waals surface area contributed by atoms with Crippen molar-refractivity contribution in [3.05, 3.63) is 23.8 Å². The molecule has 0 aromatic heterocycles. The zero-order valence-corrected chi connectivity index (χ0v) is 13.3. The van der Waals surface area contributed by atoms with Crippen molar-refractivity contribution >= 4 is 23.8 Å². The predicted octanol–water partition coefficient (Wildman–Crippen LogP) is -0.376. The monoisotopic (exact) mass is 351 g/mol. The lowest BCUT2D eigenvalue weighted by atomic mass is 10.1. The third kappa shape index (κ3) is 3.62. The number of aliphatic carboxylic acids is 1. The second kappa shape index (κ2) is 7.07. The first-order valence-corrected chi connectivity index (χ1v) is 7.42. The fraction of sp³-hybridized carbons (Fsp3) is 0.333. The summed E-state index contributed by atoms with van der Waals surface area (Å²) in [6.07, 6.45) is 0. The van der Waals surface area contributed by atoms with E-state index in [-0.39, 0.29) is 18.7 Å². The van der Waals surface area contributed by atoms with Gasteiger partial charge in [-0.1, -0.05) is 6.07 Å². The number of hydrogen-bond donors (Lipinski definition) is 4. The van der Waals surface area contributed by atoms with Gasteiger partial charge in [-0.2, -0.15) is 0 Å². The summed E-state index contributed by atoms with van der Waals surface area (Å²) in [6, 6.07) is 0.647. The number of nitrogens with zero attached hydrogens (tertiary/aromatic N) is 2. The molecule has 1 aromatic carbocycles. The second-order valence-electron chi connectivity index (χ2n) is 5.31. The molecule has 134 valence electrons. The molecule has 1 fully saturated rings. The van der Waals surface area contributed by atoms with E-state index in [0.29, 0.717) is 11.4 Å². The van der Waals surface area contributed by atoms with E-state index in [9.17, 15) is 34.5 Å². The number of nitrogens with one attached hydrogen (secondary N) is 1. The fourth-order valence-corrected chi connectivity index (χ4v) is 2.38. The summed E-state index contributed by atoms with van der Waals surface area (Å²) >= 11 is 0. The van der Waals surface area contributed by atoms with E-state index < -0.39 is 41.4 Å². The quantitative estimate of drug-likeness (QED) is 0.427. The lowest BCUT2D eigenvalue weighted by Crippen LogP contribution is -2.58.